The van der Waals surface area contributed by atoms with Crippen molar-refractivity contribution >= 4 is 39.3 Å². The third-order valence-electron chi connectivity index (χ3n) is 3.68. The highest BCUT2D eigenvalue weighted by Crippen LogP contribution is 2.35. The van der Waals surface area contributed by atoms with Gasteiger partial charge in [-0.3, -0.25) is 15.1 Å². The van der Waals surface area contributed by atoms with Gasteiger partial charge in [-0.2, -0.15) is 0 Å². The van der Waals surface area contributed by atoms with Crippen LogP contribution in [-0.2, 0) is 5.54 Å². The van der Waals surface area contributed by atoms with E-state index < -0.39 is 17.3 Å². The largest absolute Gasteiger partial charge is 0.379 e. The fourth-order valence-electron chi connectivity index (χ4n) is 2.38. The fourth-order valence-corrected chi connectivity index (χ4v) is 3.88. The van der Waals surface area contributed by atoms with Gasteiger partial charge in [0, 0.05) is 17.3 Å². The number of thiazole rings is 1. The Morgan fingerprint density at radius 3 is 3.00 bits per heavy atom. The second kappa shape index (κ2) is 6.29. The molecule has 5 nitrogen and oxygen atoms in total. The van der Waals surface area contributed by atoms with E-state index in [1.165, 1.54) is 29.2 Å². The standard InChI is InChI=1S/C15H15FN4OS2/c1-15(4-6-22-13(17)20-15)9-2-3-11(16)10(8-9)12(21)19-14-18-5-7-23-14/h2-3,5,7-8H,4,6H2,1H3,(H2,17,20)(H,18,19,21). The van der Waals surface area contributed by atoms with Gasteiger partial charge in [-0.15, -0.1) is 11.3 Å². The summed E-state index contributed by atoms with van der Waals surface area (Å²) in [6.07, 6.45) is 2.35. The van der Waals surface area contributed by atoms with Crippen molar-refractivity contribution in [2.45, 2.75) is 18.9 Å². The number of hydrogen-bond donors (Lipinski definition) is 2. The van der Waals surface area contributed by atoms with Gasteiger partial charge in [0.15, 0.2) is 10.3 Å². The molecule has 3 rings (SSSR count). The lowest BCUT2D eigenvalue weighted by atomic mass is 9.88. The molecule has 8 heteroatoms. The van der Waals surface area contributed by atoms with Crippen LogP contribution in [-0.4, -0.2) is 21.8 Å². The molecule has 1 aromatic carbocycles. The van der Waals surface area contributed by atoms with Crippen LogP contribution in [0.15, 0.2) is 34.8 Å². The van der Waals surface area contributed by atoms with E-state index in [-0.39, 0.29) is 5.56 Å². The van der Waals surface area contributed by atoms with E-state index >= 15 is 0 Å². The van der Waals surface area contributed by atoms with Crippen molar-refractivity contribution in [3.05, 3.63) is 46.7 Å². The van der Waals surface area contributed by atoms with Gasteiger partial charge in [0.1, 0.15) is 5.82 Å². The number of nitrogens with zero attached hydrogens (tertiary/aromatic N) is 2. The maximum atomic E-state index is 14.1. The number of nitrogens with two attached hydrogens (primary N) is 1. The zero-order valence-corrected chi connectivity index (χ0v) is 14.0. The van der Waals surface area contributed by atoms with Crippen molar-refractivity contribution in [2.24, 2.45) is 10.7 Å². The van der Waals surface area contributed by atoms with E-state index in [1.807, 2.05) is 6.92 Å². The molecule has 0 bridgehead atoms. The molecule has 2 heterocycles. The minimum absolute atomic E-state index is 0.0223. The molecular formula is C15H15FN4OS2. The molecule has 1 unspecified atom stereocenters. The van der Waals surface area contributed by atoms with Crippen molar-refractivity contribution in [2.75, 3.05) is 11.1 Å². The summed E-state index contributed by atoms with van der Waals surface area (Å²) in [4.78, 5) is 20.7. The van der Waals surface area contributed by atoms with Crippen LogP contribution in [0.4, 0.5) is 9.52 Å². The summed E-state index contributed by atoms with van der Waals surface area (Å²) in [5, 5.41) is 5.27. The number of amidine groups is 1. The van der Waals surface area contributed by atoms with Crippen LogP contribution in [0.5, 0.6) is 0 Å². The highest BCUT2D eigenvalue weighted by Gasteiger charge is 2.30. The molecule has 0 fully saturated rings. The Kier molecular flexibility index (Phi) is 4.36. The molecule has 1 aromatic heterocycles. The normalized spacial score (nSPS) is 20.9. The molecule has 0 saturated carbocycles. The summed E-state index contributed by atoms with van der Waals surface area (Å²) in [6.45, 7) is 1.94. The Labute approximate surface area is 141 Å². The zero-order valence-electron chi connectivity index (χ0n) is 12.4. The lowest BCUT2D eigenvalue weighted by Gasteiger charge is -2.30. The Morgan fingerprint density at radius 1 is 1.48 bits per heavy atom. The van der Waals surface area contributed by atoms with Gasteiger partial charge in [0.05, 0.1) is 11.1 Å². The predicted molar refractivity (Wildman–Crippen MR) is 92.5 cm³/mol. The number of hydrogen-bond acceptors (Lipinski definition) is 6. The van der Waals surface area contributed by atoms with Crippen molar-refractivity contribution in [3.63, 3.8) is 0 Å². The quantitative estimate of drug-likeness (QED) is 0.891. The topological polar surface area (TPSA) is 80.4 Å². The fraction of sp³-hybridized carbons (Fsp3) is 0.267. The smallest absolute Gasteiger partial charge is 0.260 e. The molecule has 0 radical (unpaired) electrons. The van der Waals surface area contributed by atoms with Gasteiger partial charge in [0.25, 0.3) is 5.91 Å². The van der Waals surface area contributed by atoms with Crippen LogP contribution in [0.1, 0.15) is 29.3 Å². The third kappa shape index (κ3) is 3.37. The molecule has 0 aliphatic carbocycles. The molecule has 2 aromatic rings. The lowest BCUT2D eigenvalue weighted by Crippen LogP contribution is -2.29. The van der Waals surface area contributed by atoms with E-state index in [1.54, 1.807) is 23.7 Å². The first-order chi connectivity index (χ1) is 11.0. The summed E-state index contributed by atoms with van der Waals surface area (Å²) in [5.41, 5.74) is 6.02. The van der Waals surface area contributed by atoms with Crippen LogP contribution in [0.25, 0.3) is 0 Å². The van der Waals surface area contributed by atoms with E-state index in [0.717, 1.165) is 17.7 Å². The second-order valence-corrected chi connectivity index (χ2v) is 7.32. The monoisotopic (exact) mass is 350 g/mol. The number of aliphatic imine (C=N–C) groups is 1. The Morgan fingerprint density at radius 2 is 2.30 bits per heavy atom. The molecule has 1 amide bonds. The molecule has 0 spiro atoms. The first kappa shape index (κ1) is 15.9. The first-order valence-corrected chi connectivity index (χ1v) is 8.83. The Balaban J connectivity index is 1.93. The summed E-state index contributed by atoms with van der Waals surface area (Å²) < 4.78 is 14.1. The van der Waals surface area contributed by atoms with Crippen molar-refractivity contribution in [1.29, 1.82) is 0 Å². The highest BCUT2D eigenvalue weighted by molar-refractivity contribution is 8.13. The average molecular weight is 350 g/mol. The summed E-state index contributed by atoms with van der Waals surface area (Å²) in [7, 11) is 0. The number of benzene rings is 1. The maximum Gasteiger partial charge on any atom is 0.260 e. The first-order valence-electron chi connectivity index (χ1n) is 6.97. The second-order valence-electron chi connectivity index (χ2n) is 5.31. The average Bonchev–Trinajstić information content (AvgIpc) is 3.00. The SMILES string of the molecule is CC1(c2ccc(F)c(C(=O)Nc3nccs3)c2)CCSC(N)=N1. The molecule has 23 heavy (non-hydrogen) atoms. The number of halogens is 1. The van der Waals surface area contributed by atoms with Crippen molar-refractivity contribution in [1.82, 2.24) is 4.98 Å². The van der Waals surface area contributed by atoms with E-state index in [0.29, 0.717) is 10.3 Å². The number of nitrogens with one attached hydrogen (secondary N) is 1. The van der Waals surface area contributed by atoms with Gasteiger partial charge in [-0.05, 0) is 31.0 Å². The van der Waals surface area contributed by atoms with Gasteiger partial charge < -0.3 is 5.73 Å². The van der Waals surface area contributed by atoms with Crippen LogP contribution in [0, 0.1) is 5.82 Å². The molecule has 1 aliphatic rings. The number of aromatic nitrogens is 1. The van der Waals surface area contributed by atoms with Gasteiger partial charge in [0.2, 0.25) is 0 Å². The number of carbonyl (C=O) groups excluding carboxylic acids is 1. The molecule has 0 saturated heterocycles. The summed E-state index contributed by atoms with van der Waals surface area (Å²) in [5.74, 6) is -0.261. The van der Waals surface area contributed by atoms with Gasteiger partial charge in [-0.1, -0.05) is 17.8 Å². The number of amides is 1. The molecule has 3 N–H and O–H groups in total. The Bertz CT molecular complexity index is 763. The lowest BCUT2D eigenvalue weighted by molar-refractivity contribution is 0.102. The van der Waals surface area contributed by atoms with E-state index in [4.69, 9.17) is 5.73 Å². The van der Waals surface area contributed by atoms with Crippen LogP contribution >= 0.6 is 23.1 Å². The van der Waals surface area contributed by atoms with Crippen LogP contribution in [0.3, 0.4) is 0 Å². The number of carbonyl (C=O) groups is 1. The minimum atomic E-state index is -0.575. The number of rotatable bonds is 3. The van der Waals surface area contributed by atoms with Gasteiger partial charge in [-0.25, -0.2) is 9.37 Å². The van der Waals surface area contributed by atoms with Crippen LogP contribution < -0.4 is 11.1 Å². The summed E-state index contributed by atoms with van der Waals surface area (Å²) in [6, 6.07) is 4.50. The zero-order chi connectivity index (χ0) is 16.4. The third-order valence-corrected chi connectivity index (χ3v) is 5.17. The van der Waals surface area contributed by atoms with Crippen molar-refractivity contribution < 1.29 is 9.18 Å². The predicted octanol–water partition coefficient (Wildman–Crippen LogP) is 3.20. The molecule has 1 atom stereocenters. The van der Waals surface area contributed by atoms with Crippen molar-refractivity contribution in [3.8, 4) is 0 Å². The maximum absolute atomic E-state index is 14.1. The number of thioether (sulfide) groups is 1. The minimum Gasteiger partial charge on any atom is -0.379 e. The molecule has 120 valence electrons. The van der Waals surface area contributed by atoms with E-state index in [9.17, 15) is 9.18 Å². The highest BCUT2D eigenvalue weighted by atomic mass is 32.2. The summed E-state index contributed by atoms with van der Waals surface area (Å²) >= 11 is 2.78. The van der Waals surface area contributed by atoms with Crippen LogP contribution in [0.2, 0.25) is 0 Å². The Hall–Kier alpha value is -1.93. The molecular weight excluding hydrogens is 335 g/mol. The molecule has 1 aliphatic heterocycles. The van der Waals surface area contributed by atoms with Gasteiger partial charge >= 0.3 is 0 Å². The van der Waals surface area contributed by atoms with E-state index in [2.05, 4.69) is 15.3 Å². The number of anilines is 1.